The minimum Gasteiger partial charge on any atom is -0.379 e. The van der Waals surface area contributed by atoms with Gasteiger partial charge in [-0.05, 0) is 42.2 Å². The van der Waals surface area contributed by atoms with Crippen LogP contribution >= 0.6 is 23.2 Å². The number of halogens is 2. The van der Waals surface area contributed by atoms with Crippen LogP contribution in [0.2, 0.25) is 10.0 Å². The van der Waals surface area contributed by atoms with Gasteiger partial charge in [0, 0.05) is 24.1 Å². The normalized spacial score (nSPS) is 17.8. The second-order valence-corrected chi connectivity index (χ2v) is 8.29. The van der Waals surface area contributed by atoms with E-state index in [1.807, 2.05) is 12.1 Å². The molecule has 2 atom stereocenters. The predicted molar refractivity (Wildman–Crippen MR) is 124 cm³/mol. The zero-order chi connectivity index (χ0) is 21.3. The molecule has 156 valence electrons. The molecule has 0 spiro atoms. The number of aryl methyl sites for hydroxylation is 2. The van der Waals surface area contributed by atoms with Gasteiger partial charge >= 0.3 is 0 Å². The zero-order valence-corrected chi connectivity index (χ0v) is 18.9. The molecule has 3 aromatic rings. The van der Waals surface area contributed by atoms with Crippen LogP contribution in [0.3, 0.4) is 0 Å². The van der Waals surface area contributed by atoms with Crippen molar-refractivity contribution in [3.8, 4) is 11.3 Å². The molecule has 1 N–H and O–H groups in total. The van der Waals surface area contributed by atoms with Gasteiger partial charge in [0.2, 0.25) is 0 Å². The molecule has 0 radical (unpaired) electrons. The number of ether oxygens (including phenoxy) is 1. The van der Waals surface area contributed by atoms with Crippen molar-refractivity contribution in [1.82, 2.24) is 9.97 Å². The summed E-state index contributed by atoms with van der Waals surface area (Å²) in [6, 6.07) is 14.0. The molecular weight excluding hydrogens is 417 g/mol. The van der Waals surface area contributed by atoms with Crippen molar-refractivity contribution < 1.29 is 4.74 Å². The number of hydrogen-bond donors (Lipinski definition) is 1. The molecule has 0 bridgehead atoms. The fourth-order valence-corrected chi connectivity index (χ4v) is 4.60. The van der Waals surface area contributed by atoms with Gasteiger partial charge in [0.1, 0.15) is 5.82 Å². The smallest absolute Gasteiger partial charge is 0.148 e. The second-order valence-electron chi connectivity index (χ2n) is 7.44. The van der Waals surface area contributed by atoms with Crippen molar-refractivity contribution in [2.45, 2.75) is 45.3 Å². The van der Waals surface area contributed by atoms with E-state index in [0.717, 1.165) is 47.7 Å². The first-order valence-electron chi connectivity index (χ1n) is 10.3. The lowest BCUT2D eigenvalue weighted by Gasteiger charge is -2.23. The predicted octanol–water partition coefficient (Wildman–Crippen LogP) is 6.30. The van der Waals surface area contributed by atoms with E-state index in [9.17, 15) is 0 Å². The number of nitrogens with one attached hydrogen (secondary N) is 1. The lowest BCUT2D eigenvalue weighted by molar-refractivity contribution is 0.0959. The highest BCUT2D eigenvalue weighted by Gasteiger charge is 2.33. The van der Waals surface area contributed by atoms with Crippen LogP contribution < -0.4 is 5.32 Å². The van der Waals surface area contributed by atoms with Gasteiger partial charge in [-0.2, -0.15) is 0 Å². The average Bonchev–Trinajstić information content (AvgIpc) is 3.11. The lowest BCUT2D eigenvalue weighted by Crippen LogP contribution is -2.25. The molecule has 0 amide bonds. The number of anilines is 1. The molecule has 0 aliphatic heterocycles. The Labute approximate surface area is 187 Å². The summed E-state index contributed by atoms with van der Waals surface area (Å²) in [4.78, 5) is 9.96. The Balaban J connectivity index is 1.76. The van der Waals surface area contributed by atoms with Crippen LogP contribution in [0, 0.1) is 0 Å². The fraction of sp³-hybridized carbons (Fsp3) is 0.333. The van der Waals surface area contributed by atoms with Crippen LogP contribution in [0.5, 0.6) is 0 Å². The third-order valence-corrected chi connectivity index (χ3v) is 6.22. The van der Waals surface area contributed by atoms with Crippen molar-refractivity contribution in [3.63, 3.8) is 0 Å². The topological polar surface area (TPSA) is 47.0 Å². The molecular formula is C24H25Cl2N3O. The summed E-state index contributed by atoms with van der Waals surface area (Å²) in [5.74, 6) is 0.812. The van der Waals surface area contributed by atoms with Crippen LogP contribution in [0.15, 0.2) is 42.5 Å². The van der Waals surface area contributed by atoms with E-state index in [1.165, 1.54) is 11.1 Å². The van der Waals surface area contributed by atoms with Crippen LogP contribution in [0.25, 0.3) is 11.3 Å². The first-order valence-corrected chi connectivity index (χ1v) is 11.0. The molecule has 30 heavy (non-hydrogen) atoms. The molecule has 0 saturated carbocycles. The zero-order valence-electron chi connectivity index (χ0n) is 17.4. The van der Waals surface area contributed by atoms with Crippen molar-refractivity contribution in [3.05, 3.63) is 75.0 Å². The van der Waals surface area contributed by atoms with E-state index in [0.29, 0.717) is 10.0 Å². The summed E-state index contributed by atoms with van der Waals surface area (Å²) in [5, 5.41) is 4.83. The summed E-state index contributed by atoms with van der Waals surface area (Å²) in [7, 11) is 1.76. The molecule has 1 heterocycles. The Morgan fingerprint density at radius 2 is 1.80 bits per heavy atom. The molecule has 1 aliphatic rings. The van der Waals surface area contributed by atoms with E-state index < -0.39 is 0 Å². The Morgan fingerprint density at radius 3 is 2.50 bits per heavy atom. The van der Waals surface area contributed by atoms with Crippen molar-refractivity contribution in [2.24, 2.45) is 0 Å². The number of aromatic nitrogens is 2. The molecule has 0 fully saturated rings. The first-order chi connectivity index (χ1) is 14.5. The van der Waals surface area contributed by atoms with Crippen molar-refractivity contribution in [1.29, 1.82) is 0 Å². The van der Waals surface area contributed by atoms with E-state index in [4.69, 9.17) is 37.9 Å². The largest absolute Gasteiger partial charge is 0.379 e. The lowest BCUT2D eigenvalue weighted by atomic mass is 10.1. The van der Waals surface area contributed by atoms with Gasteiger partial charge in [-0.25, -0.2) is 9.97 Å². The van der Waals surface area contributed by atoms with E-state index in [2.05, 4.69) is 43.4 Å². The van der Waals surface area contributed by atoms with E-state index in [-0.39, 0.29) is 12.1 Å². The maximum atomic E-state index is 6.48. The summed E-state index contributed by atoms with van der Waals surface area (Å²) in [6.45, 7) is 4.17. The van der Waals surface area contributed by atoms with Gasteiger partial charge in [0.25, 0.3) is 0 Å². The van der Waals surface area contributed by atoms with Crippen LogP contribution in [-0.4, -0.2) is 23.2 Å². The number of hydrogen-bond acceptors (Lipinski definition) is 4. The summed E-state index contributed by atoms with van der Waals surface area (Å²) in [6.07, 6.45) is 2.45. The maximum absolute atomic E-state index is 6.48. The molecule has 0 unspecified atom stereocenters. The van der Waals surface area contributed by atoms with Gasteiger partial charge in [0.05, 0.1) is 34.3 Å². The van der Waals surface area contributed by atoms with Crippen molar-refractivity contribution >= 4 is 29.0 Å². The number of benzene rings is 2. The minimum absolute atomic E-state index is 0.0421. The summed E-state index contributed by atoms with van der Waals surface area (Å²) in [5.41, 5.74) is 6.06. The van der Waals surface area contributed by atoms with Gasteiger partial charge in [-0.1, -0.05) is 61.3 Å². The summed E-state index contributed by atoms with van der Waals surface area (Å²) < 4.78 is 5.79. The fourth-order valence-electron chi connectivity index (χ4n) is 4.11. The highest BCUT2D eigenvalue weighted by molar-refractivity contribution is 6.36. The average molecular weight is 442 g/mol. The molecule has 1 aliphatic carbocycles. The van der Waals surface area contributed by atoms with E-state index in [1.54, 1.807) is 13.2 Å². The van der Waals surface area contributed by atoms with Crippen LogP contribution in [0.4, 0.5) is 5.82 Å². The van der Waals surface area contributed by atoms with Gasteiger partial charge < -0.3 is 10.1 Å². The Kier molecular flexibility index (Phi) is 6.28. The quantitative estimate of drug-likeness (QED) is 0.487. The molecule has 2 aromatic carbocycles. The van der Waals surface area contributed by atoms with Crippen molar-refractivity contribution in [2.75, 3.05) is 12.4 Å². The third-order valence-electron chi connectivity index (χ3n) is 5.67. The molecule has 1 aromatic heterocycles. The number of fused-ring (bicyclic) bond motifs is 1. The highest BCUT2D eigenvalue weighted by atomic mass is 35.5. The Morgan fingerprint density at radius 1 is 1.03 bits per heavy atom. The Hall–Kier alpha value is -2.14. The highest BCUT2D eigenvalue weighted by Crippen LogP contribution is 2.37. The van der Waals surface area contributed by atoms with Gasteiger partial charge in [-0.3, -0.25) is 0 Å². The molecule has 4 rings (SSSR count). The molecule has 6 heteroatoms. The second kappa shape index (κ2) is 8.93. The first kappa shape index (κ1) is 21.1. The number of nitrogens with zero attached hydrogens (tertiary/aromatic N) is 2. The monoisotopic (exact) mass is 441 g/mol. The molecule has 4 nitrogen and oxygen atoms in total. The maximum Gasteiger partial charge on any atom is 0.148 e. The van der Waals surface area contributed by atoms with Crippen LogP contribution in [0.1, 0.15) is 42.4 Å². The SMILES string of the molecule is CCc1nc(-c2ccc(Cl)cc2Cl)c(CC)nc1N[C@H]1c2ccccc2C[C@H]1OC. The summed E-state index contributed by atoms with van der Waals surface area (Å²) >= 11 is 12.6. The molecule has 0 saturated heterocycles. The number of methoxy groups -OCH3 is 1. The van der Waals surface area contributed by atoms with Gasteiger partial charge in [-0.15, -0.1) is 0 Å². The number of rotatable bonds is 6. The standard InChI is InChI=1S/C24H25Cl2N3O/c1-4-19-22(17-11-10-15(25)13-18(17)26)27-20(5-2)24(28-19)29-23-16-9-7-6-8-14(16)12-21(23)30-3/h6-11,13,21,23H,4-5,12H2,1-3H3,(H,28,29)/t21-,23+/m1/s1. The van der Waals surface area contributed by atoms with E-state index >= 15 is 0 Å². The Bertz CT molecular complexity index is 1070. The van der Waals surface area contributed by atoms with Crippen LogP contribution in [-0.2, 0) is 24.0 Å². The third kappa shape index (κ3) is 3.92. The minimum atomic E-state index is 0.0421. The van der Waals surface area contributed by atoms with Gasteiger partial charge in [0.15, 0.2) is 0 Å².